The fourth-order valence-electron chi connectivity index (χ4n) is 2.08. The molecule has 1 aliphatic heterocycles. The van der Waals surface area contributed by atoms with Crippen LogP contribution in [0.3, 0.4) is 0 Å². The largest absolute Gasteiger partial charge is 0.481 e. The molecule has 4 nitrogen and oxygen atoms in total. The summed E-state index contributed by atoms with van der Waals surface area (Å²) in [4.78, 5) is 16.3. The Labute approximate surface area is 118 Å². The van der Waals surface area contributed by atoms with Gasteiger partial charge in [0.2, 0.25) is 0 Å². The van der Waals surface area contributed by atoms with E-state index in [0.717, 1.165) is 26.2 Å². The number of halogens is 1. The average Bonchev–Trinajstić information content (AvgIpc) is 2.39. The molecule has 104 valence electrons. The molecule has 1 saturated heterocycles. The van der Waals surface area contributed by atoms with Crippen LogP contribution in [0.15, 0.2) is 24.3 Å². The molecule has 19 heavy (non-hydrogen) atoms. The molecule has 0 radical (unpaired) electrons. The maximum absolute atomic E-state index is 12.2. The maximum Gasteiger partial charge on any atom is 0.263 e. The molecule has 1 fully saturated rings. The summed E-state index contributed by atoms with van der Waals surface area (Å²) in [6.45, 7) is 5.13. The summed E-state index contributed by atoms with van der Waals surface area (Å²) < 4.78 is 5.65. The second-order valence-electron chi connectivity index (χ2n) is 4.85. The van der Waals surface area contributed by atoms with Crippen LogP contribution in [0.1, 0.15) is 6.92 Å². The first kappa shape index (κ1) is 14.2. The van der Waals surface area contributed by atoms with Crippen molar-refractivity contribution in [1.82, 2.24) is 9.80 Å². The Morgan fingerprint density at radius 2 is 2.00 bits per heavy atom. The summed E-state index contributed by atoms with van der Waals surface area (Å²) in [5.74, 6) is 0.663. The molecule has 1 unspecified atom stereocenters. The molecule has 1 amide bonds. The number of amides is 1. The standard InChI is InChI=1S/C14H19ClN2O2/c1-11(19-13-5-3-4-12(15)10-13)14(18)17-8-6-16(2)7-9-17/h3-5,10-11H,6-9H2,1-2H3. The van der Waals surface area contributed by atoms with Gasteiger partial charge in [0.05, 0.1) is 0 Å². The number of carbonyl (C=O) groups is 1. The minimum absolute atomic E-state index is 0.0353. The van der Waals surface area contributed by atoms with Gasteiger partial charge in [-0.3, -0.25) is 4.79 Å². The molecule has 5 heteroatoms. The number of hydrogen-bond donors (Lipinski definition) is 0. The van der Waals surface area contributed by atoms with Crippen molar-refractivity contribution in [2.45, 2.75) is 13.0 Å². The molecule has 1 aromatic carbocycles. The van der Waals surface area contributed by atoms with Gasteiger partial charge >= 0.3 is 0 Å². The van der Waals surface area contributed by atoms with Crippen LogP contribution in [0.25, 0.3) is 0 Å². The van der Waals surface area contributed by atoms with E-state index < -0.39 is 6.10 Å². The number of rotatable bonds is 3. The highest BCUT2D eigenvalue weighted by atomic mass is 35.5. The van der Waals surface area contributed by atoms with E-state index in [9.17, 15) is 4.79 Å². The maximum atomic E-state index is 12.2. The highest BCUT2D eigenvalue weighted by Crippen LogP contribution is 2.19. The molecule has 0 N–H and O–H groups in total. The zero-order valence-corrected chi connectivity index (χ0v) is 12.1. The van der Waals surface area contributed by atoms with Gasteiger partial charge in [-0.15, -0.1) is 0 Å². The van der Waals surface area contributed by atoms with Crippen molar-refractivity contribution < 1.29 is 9.53 Å². The quantitative estimate of drug-likeness (QED) is 0.849. The second kappa shape index (κ2) is 6.26. The van der Waals surface area contributed by atoms with Gasteiger partial charge in [-0.2, -0.15) is 0 Å². The molecule has 0 aliphatic carbocycles. The molecule has 1 atom stereocenters. The third kappa shape index (κ3) is 3.85. The Kier molecular flexibility index (Phi) is 4.66. The SMILES string of the molecule is CC(Oc1cccc(Cl)c1)C(=O)N1CCN(C)CC1. The summed E-state index contributed by atoms with van der Waals surface area (Å²) in [5.41, 5.74) is 0. The van der Waals surface area contributed by atoms with Gasteiger partial charge < -0.3 is 14.5 Å². The Balaban J connectivity index is 1.92. The molecular formula is C14H19ClN2O2. The Hall–Kier alpha value is -1.26. The van der Waals surface area contributed by atoms with Crippen molar-refractivity contribution in [3.05, 3.63) is 29.3 Å². The Morgan fingerprint density at radius 3 is 2.63 bits per heavy atom. The van der Waals surface area contributed by atoms with Crippen molar-refractivity contribution in [2.75, 3.05) is 33.2 Å². The van der Waals surface area contributed by atoms with Crippen LogP contribution in [-0.4, -0.2) is 55.0 Å². The average molecular weight is 283 g/mol. The van der Waals surface area contributed by atoms with E-state index in [1.54, 1.807) is 25.1 Å². The minimum atomic E-state index is -0.484. The van der Waals surface area contributed by atoms with Crippen molar-refractivity contribution in [2.24, 2.45) is 0 Å². The van der Waals surface area contributed by atoms with Crippen LogP contribution >= 0.6 is 11.6 Å². The van der Waals surface area contributed by atoms with E-state index in [4.69, 9.17) is 16.3 Å². The Morgan fingerprint density at radius 1 is 1.32 bits per heavy atom. The predicted octanol–water partition coefficient (Wildman–Crippen LogP) is 1.88. The second-order valence-corrected chi connectivity index (χ2v) is 5.28. The lowest BCUT2D eigenvalue weighted by Crippen LogP contribution is -2.50. The van der Waals surface area contributed by atoms with Gasteiger partial charge in [0, 0.05) is 31.2 Å². The van der Waals surface area contributed by atoms with E-state index in [1.165, 1.54) is 0 Å². The molecule has 2 rings (SSSR count). The lowest BCUT2D eigenvalue weighted by molar-refractivity contribution is -0.139. The van der Waals surface area contributed by atoms with Crippen molar-refractivity contribution in [3.8, 4) is 5.75 Å². The summed E-state index contributed by atoms with van der Waals surface area (Å²) >= 11 is 5.89. The van der Waals surface area contributed by atoms with E-state index in [1.807, 2.05) is 11.0 Å². The topological polar surface area (TPSA) is 32.8 Å². The molecule has 0 spiro atoms. The monoisotopic (exact) mass is 282 g/mol. The molecule has 0 aromatic heterocycles. The van der Waals surface area contributed by atoms with Gasteiger partial charge in [0.15, 0.2) is 6.10 Å². The molecule has 1 aromatic rings. The third-order valence-electron chi connectivity index (χ3n) is 3.27. The highest BCUT2D eigenvalue weighted by molar-refractivity contribution is 6.30. The zero-order valence-electron chi connectivity index (χ0n) is 11.3. The van der Waals surface area contributed by atoms with E-state index in [-0.39, 0.29) is 5.91 Å². The summed E-state index contributed by atoms with van der Waals surface area (Å²) in [7, 11) is 2.06. The number of ether oxygens (including phenoxy) is 1. The number of benzene rings is 1. The smallest absolute Gasteiger partial charge is 0.263 e. The molecular weight excluding hydrogens is 264 g/mol. The van der Waals surface area contributed by atoms with Gasteiger partial charge in [-0.05, 0) is 32.2 Å². The Bertz CT molecular complexity index is 445. The first-order chi connectivity index (χ1) is 9.06. The van der Waals surface area contributed by atoms with Crippen LogP contribution in [-0.2, 0) is 4.79 Å². The van der Waals surface area contributed by atoms with E-state index >= 15 is 0 Å². The molecule has 1 heterocycles. The number of hydrogen-bond acceptors (Lipinski definition) is 3. The van der Waals surface area contributed by atoms with Crippen LogP contribution in [0, 0.1) is 0 Å². The van der Waals surface area contributed by atoms with Gasteiger partial charge in [-0.25, -0.2) is 0 Å². The van der Waals surface area contributed by atoms with Crippen molar-refractivity contribution in [3.63, 3.8) is 0 Å². The normalized spacial score (nSPS) is 18.2. The van der Waals surface area contributed by atoms with E-state index in [2.05, 4.69) is 11.9 Å². The first-order valence-electron chi connectivity index (χ1n) is 6.46. The van der Waals surface area contributed by atoms with Crippen LogP contribution in [0.5, 0.6) is 5.75 Å². The number of piperazine rings is 1. The molecule has 0 saturated carbocycles. The lowest BCUT2D eigenvalue weighted by atomic mass is 10.2. The van der Waals surface area contributed by atoms with Crippen molar-refractivity contribution in [1.29, 1.82) is 0 Å². The van der Waals surface area contributed by atoms with E-state index in [0.29, 0.717) is 10.8 Å². The molecule has 1 aliphatic rings. The number of likely N-dealkylation sites (N-methyl/N-ethyl adjacent to an activating group) is 1. The van der Waals surface area contributed by atoms with Crippen LogP contribution in [0.2, 0.25) is 5.02 Å². The summed E-state index contributed by atoms with van der Waals surface area (Å²) in [5, 5.41) is 0.608. The van der Waals surface area contributed by atoms with Gasteiger partial charge in [-0.1, -0.05) is 17.7 Å². The first-order valence-corrected chi connectivity index (χ1v) is 6.83. The van der Waals surface area contributed by atoms with Crippen LogP contribution < -0.4 is 4.74 Å². The highest BCUT2D eigenvalue weighted by Gasteiger charge is 2.24. The fourth-order valence-corrected chi connectivity index (χ4v) is 2.26. The number of carbonyl (C=O) groups excluding carboxylic acids is 1. The number of nitrogens with zero attached hydrogens (tertiary/aromatic N) is 2. The van der Waals surface area contributed by atoms with Crippen LogP contribution in [0.4, 0.5) is 0 Å². The zero-order chi connectivity index (χ0) is 13.8. The third-order valence-corrected chi connectivity index (χ3v) is 3.51. The predicted molar refractivity (Wildman–Crippen MR) is 75.6 cm³/mol. The summed E-state index contributed by atoms with van der Waals surface area (Å²) in [6.07, 6.45) is -0.484. The van der Waals surface area contributed by atoms with Gasteiger partial charge in [0.1, 0.15) is 5.75 Å². The van der Waals surface area contributed by atoms with Crippen molar-refractivity contribution >= 4 is 17.5 Å². The summed E-state index contributed by atoms with van der Waals surface area (Å²) in [6, 6.07) is 7.11. The van der Waals surface area contributed by atoms with Gasteiger partial charge in [0.25, 0.3) is 5.91 Å². The lowest BCUT2D eigenvalue weighted by Gasteiger charge is -2.33. The fraction of sp³-hybridized carbons (Fsp3) is 0.500. The minimum Gasteiger partial charge on any atom is -0.481 e. The molecule has 0 bridgehead atoms.